The third-order valence-electron chi connectivity index (χ3n) is 3.80. The fraction of sp³-hybridized carbons (Fsp3) is 0.105. The minimum atomic E-state index is -0.744. The van der Waals surface area contributed by atoms with Crippen molar-refractivity contribution in [2.75, 3.05) is 5.32 Å². The number of carbonyl (C=O) groups is 2. The third-order valence-corrected chi connectivity index (χ3v) is 3.80. The van der Waals surface area contributed by atoms with Crippen molar-refractivity contribution in [2.24, 2.45) is 0 Å². The highest BCUT2D eigenvalue weighted by Gasteiger charge is 2.29. The molecule has 1 aliphatic rings. The molecule has 0 aromatic heterocycles. The molecule has 3 rings (SSSR count). The lowest BCUT2D eigenvalue weighted by atomic mass is 9.94. The average Bonchev–Trinajstić information content (AvgIpc) is 2.60. The summed E-state index contributed by atoms with van der Waals surface area (Å²) >= 11 is 0. The summed E-state index contributed by atoms with van der Waals surface area (Å²) in [6.45, 7) is 1.43. The Hall–Kier alpha value is -3.39. The lowest BCUT2D eigenvalue weighted by Gasteiger charge is -2.29. The number of anilines is 1. The molecule has 0 bridgehead atoms. The van der Waals surface area contributed by atoms with E-state index in [1.54, 1.807) is 54.7 Å². The minimum absolute atomic E-state index is 0.187. The number of nitrogens with one attached hydrogen (secondary N) is 1. The summed E-state index contributed by atoms with van der Waals surface area (Å²) < 4.78 is 0. The standard InChI is InChI=1S/C19H15N3O2/c1-13(23)21-17-9-5-8-16-15(17)10-11-22(18(16)12-20)19(24)14-6-3-2-4-7-14/h2-11,18H,1H3,(H,21,23). The number of nitriles is 1. The van der Waals surface area contributed by atoms with Crippen molar-refractivity contribution in [3.05, 3.63) is 71.4 Å². The van der Waals surface area contributed by atoms with Gasteiger partial charge in [0.2, 0.25) is 5.91 Å². The summed E-state index contributed by atoms with van der Waals surface area (Å²) in [6, 6.07) is 15.6. The normalized spacial score (nSPS) is 15.3. The van der Waals surface area contributed by atoms with Gasteiger partial charge in [-0.2, -0.15) is 5.26 Å². The summed E-state index contributed by atoms with van der Waals surface area (Å²) in [7, 11) is 0. The summed E-state index contributed by atoms with van der Waals surface area (Å²) in [5, 5.41) is 12.4. The average molecular weight is 317 g/mol. The van der Waals surface area contributed by atoms with Crippen molar-refractivity contribution < 1.29 is 9.59 Å². The van der Waals surface area contributed by atoms with E-state index >= 15 is 0 Å². The molecule has 0 spiro atoms. The zero-order valence-corrected chi connectivity index (χ0v) is 13.1. The number of carbonyl (C=O) groups excluding carboxylic acids is 2. The van der Waals surface area contributed by atoms with Crippen LogP contribution in [-0.2, 0) is 4.79 Å². The quantitative estimate of drug-likeness (QED) is 0.923. The van der Waals surface area contributed by atoms with Gasteiger partial charge in [0, 0.05) is 29.9 Å². The second-order valence-corrected chi connectivity index (χ2v) is 5.42. The molecule has 2 amide bonds. The highest BCUT2D eigenvalue weighted by molar-refractivity contribution is 5.97. The molecule has 1 N–H and O–H groups in total. The van der Waals surface area contributed by atoms with Gasteiger partial charge in [-0.3, -0.25) is 14.5 Å². The second kappa shape index (κ2) is 6.39. The van der Waals surface area contributed by atoms with Gasteiger partial charge in [0.1, 0.15) is 6.04 Å². The van der Waals surface area contributed by atoms with E-state index in [9.17, 15) is 14.9 Å². The van der Waals surface area contributed by atoms with E-state index in [4.69, 9.17) is 0 Å². The molecule has 1 unspecified atom stereocenters. The Morgan fingerprint density at radius 2 is 1.88 bits per heavy atom. The van der Waals surface area contributed by atoms with Gasteiger partial charge in [0.25, 0.3) is 5.91 Å². The predicted molar refractivity (Wildman–Crippen MR) is 90.7 cm³/mol. The van der Waals surface area contributed by atoms with Gasteiger partial charge in [-0.15, -0.1) is 0 Å². The third kappa shape index (κ3) is 2.77. The van der Waals surface area contributed by atoms with E-state index in [1.165, 1.54) is 11.8 Å². The van der Waals surface area contributed by atoms with Crippen LogP contribution in [0.15, 0.2) is 54.7 Å². The van der Waals surface area contributed by atoms with Gasteiger partial charge in [-0.05, 0) is 29.8 Å². The number of hydrogen-bond acceptors (Lipinski definition) is 3. The molecule has 118 valence electrons. The summed E-state index contributed by atoms with van der Waals surface area (Å²) in [5.41, 5.74) is 2.58. The van der Waals surface area contributed by atoms with Crippen LogP contribution in [0, 0.1) is 11.3 Å². The first kappa shape index (κ1) is 15.5. The van der Waals surface area contributed by atoms with E-state index < -0.39 is 6.04 Å². The number of rotatable bonds is 2. The van der Waals surface area contributed by atoms with Crippen molar-refractivity contribution in [1.82, 2.24) is 4.90 Å². The molecule has 1 heterocycles. The maximum Gasteiger partial charge on any atom is 0.259 e. The fourth-order valence-corrected chi connectivity index (χ4v) is 2.74. The maximum absolute atomic E-state index is 12.7. The van der Waals surface area contributed by atoms with Gasteiger partial charge in [-0.25, -0.2) is 0 Å². The van der Waals surface area contributed by atoms with Gasteiger partial charge in [0.05, 0.1) is 6.07 Å². The number of nitrogens with zero attached hydrogens (tertiary/aromatic N) is 2. The van der Waals surface area contributed by atoms with Crippen molar-refractivity contribution in [1.29, 1.82) is 5.26 Å². The van der Waals surface area contributed by atoms with Gasteiger partial charge in [-0.1, -0.05) is 30.3 Å². The van der Waals surface area contributed by atoms with Gasteiger partial charge < -0.3 is 5.32 Å². The molecule has 1 aliphatic heterocycles. The van der Waals surface area contributed by atoms with E-state index in [0.717, 1.165) is 5.56 Å². The van der Waals surface area contributed by atoms with E-state index in [0.29, 0.717) is 16.8 Å². The molecule has 0 saturated heterocycles. The molecular weight excluding hydrogens is 302 g/mol. The Bertz CT molecular complexity index is 866. The minimum Gasteiger partial charge on any atom is -0.326 e. The Morgan fingerprint density at radius 3 is 2.54 bits per heavy atom. The molecular formula is C19H15N3O2. The van der Waals surface area contributed by atoms with Crippen molar-refractivity contribution >= 4 is 23.6 Å². The molecule has 24 heavy (non-hydrogen) atoms. The smallest absolute Gasteiger partial charge is 0.259 e. The molecule has 2 aromatic rings. The lowest BCUT2D eigenvalue weighted by Crippen LogP contribution is -2.32. The molecule has 1 atom stereocenters. The first-order valence-electron chi connectivity index (χ1n) is 7.48. The Kier molecular flexibility index (Phi) is 4.13. The van der Waals surface area contributed by atoms with Crippen LogP contribution in [0.1, 0.15) is 34.5 Å². The van der Waals surface area contributed by atoms with Crippen LogP contribution in [-0.4, -0.2) is 16.7 Å². The van der Waals surface area contributed by atoms with Crippen molar-refractivity contribution in [3.63, 3.8) is 0 Å². The summed E-state index contributed by atoms with van der Waals surface area (Å²) in [4.78, 5) is 25.5. The van der Waals surface area contributed by atoms with Crippen LogP contribution in [0.2, 0.25) is 0 Å². The van der Waals surface area contributed by atoms with Crippen molar-refractivity contribution in [2.45, 2.75) is 13.0 Å². The molecule has 0 fully saturated rings. The van der Waals surface area contributed by atoms with Gasteiger partial charge in [0.15, 0.2) is 0 Å². The van der Waals surface area contributed by atoms with Crippen LogP contribution in [0.25, 0.3) is 6.08 Å². The Morgan fingerprint density at radius 1 is 1.12 bits per heavy atom. The topological polar surface area (TPSA) is 73.2 Å². The van der Waals surface area contributed by atoms with Crippen LogP contribution in [0.5, 0.6) is 0 Å². The zero-order chi connectivity index (χ0) is 17.1. The van der Waals surface area contributed by atoms with Crippen LogP contribution in [0.4, 0.5) is 5.69 Å². The summed E-state index contributed by atoms with van der Waals surface area (Å²) in [5.74, 6) is -0.429. The monoisotopic (exact) mass is 317 g/mol. The Balaban J connectivity index is 2.01. The molecule has 0 aliphatic carbocycles. The molecule has 5 heteroatoms. The molecule has 2 aromatic carbocycles. The molecule has 0 saturated carbocycles. The van der Waals surface area contributed by atoms with Crippen LogP contribution >= 0.6 is 0 Å². The number of fused-ring (bicyclic) bond motifs is 1. The largest absolute Gasteiger partial charge is 0.326 e. The first-order valence-corrected chi connectivity index (χ1v) is 7.48. The van der Waals surface area contributed by atoms with E-state index in [2.05, 4.69) is 11.4 Å². The van der Waals surface area contributed by atoms with Crippen LogP contribution in [0.3, 0.4) is 0 Å². The SMILES string of the molecule is CC(=O)Nc1cccc2c1C=CN(C(=O)c1ccccc1)C2C#N. The van der Waals surface area contributed by atoms with E-state index in [-0.39, 0.29) is 11.8 Å². The molecule has 0 radical (unpaired) electrons. The Labute approximate surface area is 139 Å². The number of hydrogen-bond donors (Lipinski definition) is 1. The zero-order valence-electron chi connectivity index (χ0n) is 13.1. The molecule has 5 nitrogen and oxygen atoms in total. The van der Waals surface area contributed by atoms with Crippen LogP contribution < -0.4 is 5.32 Å². The summed E-state index contributed by atoms with van der Waals surface area (Å²) in [6.07, 6.45) is 3.34. The first-order chi connectivity index (χ1) is 11.6. The fourth-order valence-electron chi connectivity index (χ4n) is 2.74. The highest BCUT2D eigenvalue weighted by atomic mass is 16.2. The lowest BCUT2D eigenvalue weighted by molar-refractivity contribution is -0.114. The highest BCUT2D eigenvalue weighted by Crippen LogP contribution is 2.35. The van der Waals surface area contributed by atoms with Gasteiger partial charge >= 0.3 is 0 Å². The maximum atomic E-state index is 12.7. The second-order valence-electron chi connectivity index (χ2n) is 5.42. The predicted octanol–water partition coefficient (Wildman–Crippen LogP) is 3.34. The number of amides is 2. The van der Waals surface area contributed by atoms with Crippen molar-refractivity contribution in [3.8, 4) is 6.07 Å². The van der Waals surface area contributed by atoms with E-state index in [1.807, 2.05) is 6.07 Å². The number of benzene rings is 2.